The van der Waals surface area contributed by atoms with Gasteiger partial charge in [0.15, 0.2) is 0 Å². The van der Waals surface area contributed by atoms with Crippen molar-refractivity contribution in [2.75, 3.05) is 0 Å². The van der Waals surface area contributed by atoms with E-state index in [2.05, 4.69) is 0 Å². The van der Waals surface area contributed by atoms with Crippen molar-refractivity contribution in [2.45, 2.75) is 13.5 Å². The number of benzene rings is 2. The molecule has 2 rings (SSSR count). The number of hydrogen-bond acceptors (Lipinski definition) is 2. The fraction of sp³-hybridized carbons (Fsp3) is 0.133. The molecule has 0 bridgehead atoms. The number of nitrogens with two attached hydrogens (primary N) is 1. The van der Waals surface area contributed by atoms with E-state index >= 15 is 0 Å². The van der Waals surface area contributed by atoms with E-state index in [1.807, 2.05) is 31.2 Å². The van der Waals surface area contributed by atoms with Crippen LogP contribution >= 0.6 is 0 Å². The second-order valence-electron chi connectivity index (χ2n) is 4.36. The van der Waals surface area contributed by atoms with Crippen LogP contribution in [-0.4, -0.2) is 5.84 Å². The van der Waals surface area contributed by atoms with Crippen LogP contribution in [0.25, 0.3) is 0 Å². The van der Waals surface area contributed by atoms with Gasteiger partial charge in [-0.1, -0.05) is 17.7 Å². The summed E-state index contributed by atoms with van der Waals surface area (Å²) in [5.74, 6) is 0.144. The Morgan fingerprint density at radius 1 is 1.21 bits per heavy atom. The average molecular weight is 258 g/mol. The van der Waals surface area contributed by atoms with Gasteiger partial charge in [-0.2, -0.15) is 0 Å². The summed E-state index contributed by atoms with van der Waals surface area (Å²) in [4.78, 5) is 0. The van der Waals surface area contributed by atoms with Gasteiger partial charge in [0.05, 0.1) is 0 Å². The van der Waals surface area contributed by atoms with E-state index in [0.29, 0.717) is 11.1 Å². The van der Waals surface area contributed by atoms with Crippen LogP contribution in [-0.2, 0) is 6.61 Å². The van der Waals surface area contributed by atoms with Crippen LogP contribution in [0.4, 0.5) is 4.39 Å². The minimum atomic E-state index is -0.421. The fourth-order valence-corrected chi connectivity index (χ4v) is 1.69. The molecule has 0 radical (unpaired) electrons. The van der Waals surface area contributed by atoms with Gasteiger partial charge in [0.2, 0.25) is 0 Å². The Morgan fingerprint density at radius 3 is 2.53 bits per heavy atom. The molecule has 19 heavy (non-hydrogen) atoms. The second-order valence-corrected chi connectivity index (χ2v) is 4.36. The maximum Gasteiger partial charge on any atom is 0.124 e. The molecule has 4 heteroatoms. The summed E-state index contributed by atoms with van der Waals surface area (Å²) in [6, 6.07) is 11.9. The first-order chi connectivity index (χ1) is 9.04. The number of ether oxygens (including phenoxy) is 1. The first-order valence-electron chi connectivity index (χ1n) is 5.88. The van der Waals surface area contributed by atoms with Gasteiger partial charge in [0.25, 0.3) is 0 Å². The number of nitrogens with one attached hydrogen (secondary N) is 1. The first kappa shape index (κ1) is 13.1. The van der Waals surface area contributed by atoms with E-state index in [-0.39, 0.29) is 12.4 Å². The van der Waals surface area contributed by atoms with E-state index in [9.17, 15) is 4.39 Å². The van der Waals surface area contributed by atoms with Crippen LogP contribution in [0.1, 0.15) is 16.7 Å². The lowest BCUT2D eigenvalue weighted by atomic mass is 10.1. The molecule has 3 nitrogen and oxygen atoms in total. The van der Waals surface area contributed by atoms with Crippen LogP contribution in [0.5, 0.6) is 5.75 Å². The molecule has 0 saturated heterocycles. The standard InChI is InChI=1S/C15H15FN2O/c1-10-2-4-14(5-3-10)19-9-11-6-12(15(17)18)8-13(16)7-11/h2-8H,9H2,1H3,(H3,17,18). The Labute approximate surface area is 111 Å². The molecule has 0 saturated carbocycles. The molecule has 0 atom stereocenters. The minimum Gasteiger partial charge on any atom is -0.489 e. The number of aryl methyl sites for hydroxylation is 1. The SMILES string of the molecule is Cc1ccc(OCc2cc(F)cc(C(=N)N)c2)cc1. The number of rotatable bonds is 4. The minimum absolute atomic E-state index is 0.156. The van der Waals surface area contributed by atoms with E-state index in [1.54, 1.807) is 6.07 Å². The van der Waals surface area contributed by atoms with Crippen LogP contribution in [0, 0.1) is 18.2 Å². The summed E-state index contributed by atoms with van der Waals surface area (Å²) in [6.07, 6.45) is 0. The van der Waals surface area contributed by atoms with Crippen molar-refractivity contribution in [3.05, 3.63) is 65.0 Å². The molecule has 0 unspecified atom stereocenters. The molecule has 0 spiro atoms. The summed E-state index contributed by atoms with van der Waals surface area (Å²) in [5.41, 5.74) is 7.51. The largest absolute Gasteiger partial charge is 0.489 e. The van der Waals surface area contributed by atoms with E-state index in [0.717, 1.165) is 11.3 Å². The Kier molecular flexibility index (Phi) is 3.80. The van der Waals surface area contributed by atoms with Crippen LogP contribution < -0.4 is 10.5 Å². The summed E-state index contributed by atoms with van der Waals surface area (Å²) in [7, 11) is 0. The molecule has 0 aliphatic rings. The van der Waals surface area contributed by atoms with Crippen LogP contribution in [0.3, 0.4) is 0 Å². The topological polar surface area (TPSA) is 59.1 Å². The predicted molar refractivity (Wildman–Crippen MR) is 72.9 cm³/mol. The zero-order valence-electron chi connectivity index (χ0n) is 10.6. The van der Waals surface area contributed by atoms with Gasteiger partial charge in [-0.25, -0.2) is 4.39 Å². The highest BCUT2D eigenvalue weighted by atomic mass is 19.1. The first-order valence-corrected chi connectivity index (χ1v) is 5.88. The van der Waals surface area contributed by atoms with Crippen molar-refractivity contribution in [3.63, 3.8) is 0 Å². The zero-order valence-corrected chi connectivity index (χ0v) is 10.6. The molecule has 0 aliphatic heterocycles. The third-order valence-corrected chi connectivity index (χ3v) is 2.70. The predicted octanol–water partition coefficient (Wildman–Crippen LogP) is 3.00. The molecule has 2 aromatic carbocycles. The Morgan fingerprint density at radius 2 is 1.89 bits per heavy atom. The molecule has 0 heterocycles. The van der Waals surface area contributed by atoms with Crippen LogP contribution in [0.15, 0.2) is 42.5 Å². The van der Waals surface area contributed by atoms with Crippen molar-refractivity contribution in [1.82, 2.24) is 0 Å². The van der Waals surface area contributed by atoms with Gasteiger partial charge in [0, 0.05) is 5.56 Å². The Balaban J connectivity index is 2.11. The molecule has 3 N–H and O–H groups in total. The summed E-state index contributed by atoms with van der Waals surface area (Å²) < 4.78 is 18.9. The second kappa shape index (κ2) is 5.52. The van der Waals surface area contributed by atoms with E-state index in [4.69, 9.17) is 15.9 Å². The zero-order chi connectivity index (χ0) is 13.8. The summed E-state index contributed by atoms with van der Waals surface area (Å²) >= 11 is 0. The molecule has 0 aliphatic carbocycles. The van der Waals surface area contributed by atoms with Crippen molar-refractivity contribution in [1.29, 1.82) is 5.41 Å². The Bertz CT molecular complexity index is 594. The highest BCUT2D eigenvalue weighted by molar-refractivity contribution is 5.95. The molecule has 2 aromatic rings. The smallest absolute Gasteiger partial charge is 0.124 e. The van der Waals surface area contributed by atoms with E-state index < -0.39 is 5.82 Å². The lowest BCUT2D eigenvalue weighted by Gasteiger charge is -2.08. The molecule has 98 valence electrons. The fourth-order valence-electron chi connectivity index (χ4n) is 1.69. The van der Waals surface area contributed by atoms with Crippen molar-refractivity contribution in [3.8, 4) is 5.75 Å². The summed E-state index contributed by atoms with van der Waals surface area (Å²) in [5, 5.41) is 7.32. The Hall–Kier alpha value is -2.36. The number of nitrogen functional groups attached to an aromatic ring is 1. The van der Waals surface area contributed by atoms with E-state index in [1.165, 1.54) is 12.1 Å². The average Bonchev–Trinajstić information content (AvgIpc) is 2.37. The van der Waals surface area contributed by atoms with Crippen LogP contribution in [0.2, 0.25) is 0 Å². The van der Waals surface area contributed by atoms with Gasteiger partial charge < -0.3 is 10.5 Å². The molecular weight excluding hydrogens is 243 g/mol. The quantitative estimate of drug-likeness (QED) is 0.654. The molecule has 0 amide bonds. The lowest BCUT2D eigenvalue weighted by molar-refractivity contribution is 0.305. The van der Waals surface area contributed by atoms with Crippen molar-refractivity contribution >= 4 is 5.84 Å². The third-order valence-electron chi connectivity index (χ3n) is 2.70. The number of hydrogen-bond donors (Lipinski definition) is 2. The molecular formula is C15H15FN2O. The van der Waals surface area contributed by atoms with Gasteiger partial charge >= 0.3 is 0 Å². The normalized spacial score (nSPS) is 10.2. The van der Waals surface area contributed by atoms with Crippen molar-refractivity contribution in [2.24, 2.45) is 5.73 Å². The van der Waals surface area contributed by atoms with Gasteiger partial charge in [0.1, 0.15) is 24.0 Å². The van der Waals surface area contributed by atoms with Gasteiger partial charge in [-0.3, -0.25) is 5.41 Å². The summed E-state index contributed by atoms with van der Waals surface area (Å²) in [6.45, 7) is 2.23. The third kappa shape index (κ3) is 3.55. The van der Waals surface area contributed by atoms with Gasteiger partial charge in [-0.15, -0.1) is 0 Å². The van der Waals surface area contributed by atoms with Gasteiger partial charge in [-0.05, 0) is 42.8 Å². The highest BCUT2D eigenvalue weighted by Gasteiger charge is 2.04. The lowest BCUT2D eigenvalue weighted by Crippen LogP contribution is -2.12. The monoisotopic (exact) mass is 258 g/mol. The number of halogens is 1. The maximum atomic E-state index is 13.4. The number of amidine groups is 1. The maximum absolute atomic E-state index is 13.4. The molecule has 0 fully saturated rings. The molecule has 0 aromatic heterocycles. The highest BCUT2D eigenvalue weighted by Crippen LogP contribution is 2.15. The van der Waals surface area contributed by atoms with Crippen molar-refractivity contribution < 1.29 is 9.13 Å².